The summed E-state index contributed by atoms with van der Waals surface area (Å²) >= 11 is 0. The van der Waals surface area contributed by atoms with E-state index in [2.05, 4.69) is 0 Å². The maximum Gasteiger partial charge on any atom is 0.248 e. The molecule has 1 heterocycles. The molecule has 0 aromatic rings. The van der Waals surface area contributed by atoms with Gasteiger partial charge in [-0.3, -0.25) is 4.79 Å². The summed E-state index contributed by atoms with van der Waals surface area (Å²) in [5.41, 5.74) is 0. The third-order valence-corrected chi connectivity index (χ3v) is 4.01. The number of hydrogen-bond donors (Lipinski definition) is 0. The van der Waals surface area contributed by atoms with Gasteiger partial charge in [-0.2, -0.15) is 0 Å². The average molecular weight is 271 g/mol. The van der Waals surface area contributed by atoms with Crippen LogP contribution < -0.4 is 0 Å². The first-order valence-corrected chi connectivity index (χ1v) is 7.17. The minimum absolute atomic E-state index is 0.0582. The highest BCUT2D eigenvalue weighted by Gasteiger charge is 2.41. The minimum atomic E-state index is -0.352. The highest BCUT2D eigenvalue weighted by atomic mass is 16.7. The Labute approximate surface area is 115 Å². The first-order valence-electron chi connectivity index (χ1n) is 7.17. The molecular formula is C14H25NO4. The van der Waals surface area contributed by atoms with Crippen molar-refractivity contribution in [1.29, 1.82) is 0 Å². The average Bonchev–Trinajstić information content (AvgIpc) is 2.84. The number of rotatable bonds is 4. The first-order chi connectivity index (χ1) is 9.02. The topological polar surface area (TPSA) is 48.0 Å². The van der Waals surface area contributed by atoms with Crippen LogP contribution in [0.3, 0.4) is 0 Å². The second kappa shape index (κ2) is 6.20. The number of amides is 1. The van der Waals surface area contributed by atoms with Gasteiger partial charge in [-0.25, -0.2) is 0 Å². The van der Waals surface area contributed by atoms with Crippen molar-refractivity contribution >= 4 is 5.91 Å². The predicted molar refractivity (Wildman–Crippen MR) is 70.7 cm³/mol. The minimum Gasteiger partial charge on any atom is -0.369 e. The monoisotopic (exact) mass is 271 g/mol. The predicted octanol–water partition coefficient (Wildman–Crippen LogP) is 1.56. The van der Waals surface area contributed by atoms with E-state index in [1.54, 1.807) is 0 Å². The summed E-state index contributed by atoms with van der Waals surface area (Å²) in [4.78, 5) is 13.8. The zero-order valence-electron chi connectivity index (χ0n) is 12.2. The highest BCUT2D eigenvalue weighted by Crippen LogP contribution is 2.37. The Morgan fingerprint density at radius 3 is 2.42 bits per heavy atom. The van der Waals surface area contributed by atoms with E-state index >= 15 is 0 Å². The van der Waals surface area contributed by atoms with E-state index in [4.69, 9.17) is 14.2 Å². The zero-order valence-corrected chi connectivity index (χ0v) is 12.2. The van der Waals surface area contributed by atoms with Gasteiger partial charge < -0.3 is 19.1 Å². The van der Waals surface area contributed by atoms with Crippen LogP contribution in [-0.4, -0.2) is 55.6 Å². The molecule has 1 amide bonds. The molecule has 2 rings (SSSR count). The summed E-state index contributed by atoms with van der Waals surface area (Å²) in [6.07, 6.45) is 3.71. The van der Waals surface area contributed by atoms with Crippen molar-refractivity contribution in [3.8, 4) is 0 Å². The molecule has 0 unspecified atom stereocenters. The van der Waals surface area contributed by atoms with Crippen LogP contribution in [0.15, 0.2) is 0 Å². The van der Waals surface area contributed by atoms with Gasteiger partial charge in [-0.1, -0.05) is 0 Å². The van der Waals surface area contributed by atoms with Gasteiger partial charge in [0.05, 0.1) is 19.3 Å². The fraction of sp³-hybridized carbons (Fsp3) is 0.929. The van der Waals surface area contributed by atoms with Crippen molar-refractivity contribution in [3.63, 3.8) is 0 Å². The van der Waals surface area contributed by atoms with Crippen molar-refractivity contribution in [3.05, 3.63) is 0 Å². The summed E-state index contributed by atoms with van der Waals surface area (Å²) in [6, 6.07) is 0.279. The van der Waals surface area contributed by atoms with Gasteiger partial charge in [0.2, 0.25) is 5.91 Å². The Morgan fingerprint density at radius 1 is 1.32 bits per heavy atom. The summed E-state index contributed by atoms with van der Waals surface area (Å²) in [5.74, 6) is -0.294. The van der Waals surface area contributed by atoms with Crippen molar-refractivity contribution in [2.24, 2.45) is 0 Å². The van der Waals surface area contributed by atoms with Gasteiger partial charge in [0, 0.05) is 25.9 Å². The van der Waals surface area contributed by atoms with E-state index in [9.17, 15) is 4.79 Å². The number of nitrogens with zero attached hydrogens (tertiary/aromatic N) is 1. The standard InChI is InChI=1S/C14H25NO4/c1-11(2)17-10-13(16)15(3)12-4-6-14(7-5-12)18-8-9-19-14/h11-12H,4-10H2,1-3H3. The zero-order chi connectivity index (χ0) is 13.9. The largest absolute Gasteiger partial charge is 0.369 e. The van der Waals surface area contributed by atoms with Gasteiger partial charge in [0.1, 0.15) is 6.61 Å². The van der Waals surface area contributed by atoms with E-state index in [0.717, 1.165) is 25.7 Å². The Kier molecular flexibility index (Phi) is 4.81. The van der Waals surface area contributed by atoms with Crippen LogP contribution in [0.4, 0.5) is 0 Å². The molecule has 0 atom stereocenters. The SMILES string of the molecule is CC(C)OCC(=O)N(C)C1CCC2(CC1)OCCO2. The molecule has 19 heavy (non-hydrogen) atoms. The Balaban J connectivity index is 1.78. The van der Waals surface area contributed by atoms with E-state index in [1.165, 1.54) is 0 Å². The van der Waals surface area contributed by atoms with E-state index < -0.39 is 0 Å². The smallest absolute Gasteiger partial charge is 0.248 e. The molecule has 1 saturated heterocycles. The molecule has 0 aromatic carbocycles. The van der Waals surface area contributed by atoms with Crippen molar-refractivity contribution in [2.45, 2.75) is 57.5 Å². The number of hydrogen-bond acceptors (Lipinski definition) is 4. The lowest BCUT2D eigenvalue weighted by Gasteiger charge is -2.39. The molecule has 0 bridgehead atoms. The van der Waals surface area contributed by atoms with Crippen LogP contribution in [0.2, 0.25) is 0 Å². The van der Waals surface area contributed by atoms with E-state index in [1.807, 2.05) is 25.8 Å². The molecule has 5 nitrogen and oxygen atoms in total. The molecule has 5 heteroatoms. The molecule has 1 aliphatic heterocycles. The summed E-state index contributed by atoms with van der Waals surface area (Å²) < 4.78 is 16.8. The Morgan fingerprint density at radius 2 is 1.89 bits per heavy atom. The summed E-state index contributed by atoms with van der Waals surface area (Å²) in [6.45, 7) is 5.44. The molecule has 1 saturated carbocycles. The normalized spacial score (nSPS) is 23.2. The van der Waals surface area contributed by atoms with Gasteiger partial charge in [0.25, 0.3) is 0 Å². The number of carbonyl (C=O) groups is 1. The highest BCUT2D eigenvalue weighted by molar-refractivity contribution is 5.77. The lowest BCUT2D eigenvalue weighted by molar-refractivity contribution is -0.185. The van der Waals surface area contributed by atoms with Crippen LogP contribution in [0.5, 0.6) is 0 Å². The lowest BCUT2D eigenvalue weighted by atomic mass is 9.89. The van der Waals surface area contributed by atoms with Crippen molar-refractivity contribution in [2.75, 3.05) is 26.9 Å². The number of carbonyl (C=O) groups excluding carboxylic acids is 1. The molecule has 2 fully saturated rings. The van der Waals surface area contributed by atoms with Crippen LogP contribution >= 0.6 is 0 Å². The molecule has 1 spiro atoms. The Bertz CT molecular complexity index is 303. The van der Waals surface area contributed by atoms with Crippen molar-refractivity contribution in [1.82, 2.24) is 4.90 Å². The molecule has 2 aliphatic rings. The van der Waals surface area contributed by atoms with Gasteiger partial charge >= 0.3 is 0 Å². The fourth-order valence-electron chi connectivity index (χ4n) is 2.76. The summed E-state index contributed by atoms with van der Waals surface area (Å²) in [7, 11) is 1.87. The van der Waals surface area contributed by atoms with E-state index in [0.29, 0.717) is 13.2 Å². The third-order valence-electron chi connectivity index (χ3n) is 4.01. The van der Waals surface area contributed by atoms with Crippen LogP contribution in [-0.2, 0) is 19.0 Å². The van der Waals surface area contributed by atoms with Crippen molar-refractivity contribution < 1.29 is 19.0 Å². The second-order valence-corrected chi connectivity index (χ2v) is 5.70. The van der Waals surface area contributed by atoms with Crippen LogP contribution in [0.25, 0.3) is 0 Å². The Hall–Kier alpha value is -0.650. The van der Waals surface area contributed by atoms with Gasteiger partial charge in [0.15, 0.2) is 5.79 Å². The first kappa shape index (κ1) is 14.8. The van der Waals surface area contributed by atoms with Gasteiger partial charge in [-0.15, -0.1) is 0 Å². The molecule has 110 valence electrons. The van der Waals surface area contributed by atoms with Crippen LogP contribution in [0.1, 0.15) is 39.5 Å². The molecular weight excluding hydrogens is 246 g/mol. The maximum atomic E-state index is 12.0. The molecule has 1 aliphatic carbocycles. The second-order valence-electron chi connectivity index (χ2n) is 5.70. The molecule has 0 radical (unpaired) electrons. The lowest BCUT2D eigenvalue weighted by Crippen LogP contribution is -2.46. The number of likely N-dealkylation sites (N-methyl/N-ethyl adjacent to an activating group) is 1. The number of ether oxygens (including phenoxy) is 3. The van der Waals surface area contributed by atoms with Gasteiger partial charge in [-0.05, 0) is 26.7 Å². The van der Waals surface area contributed by atoms with Crippen LogP contribution in [0, 0.1) is 0 Å². The quantitative estimate of drug-likeness (QED) is 0.778. The third kappa shape index (κ3) is 3.68. The van der Waals surface area contributed by atoms with E-state index in [-0.39, 0.29) is 30.4 Å². The molecule has 0 N–H and O–H groups in total. The fourth-order valence-corrected chi connectivity index (χ4v) is 2.76. The molecule has 0 aromatic heterocycles. The summed E-state index contributed by atoms with van der Waals surface area (Å²) in [5, 5.41) is 0. The maximum absolute atomic E-state index is 12.0.